The quantitative estimate of drug-likeness (QED) is 0.613. The molecule has 0 bridgehead atoms. The van der Waals surface area contributed by atoms with Crippen molar-refractivity contribution in [1.29, 1.82) is 0 Å². The number of nitrogens with one attached hydrogen (secondary N) is 1. The molecule has 2 N–H and O–H groups in total. The molecule has 1 aliphatic heterocycles. The van der Waals surface area contributed by atoms with Crippen LogP contribution in [0.3, 0.4) is 0 Å². The van der Waals surface area contributed by atoms with Gasteiger partial charge in [0, 0.05) is 25.2 Å². The molecule has 3 atom stereocenters. The molecule has 120 valence electrons. The molecule has 22 heavy (non-hydrogen) atoms. The van der Waals surface area contributed by atoms with Crippen molar-refractivity contribution in [2.75, 3.05) is 19.7 Å². The molecule has 1 aliphatic rings. The first-order valence-electron chi connectivity index (χ1n) is 7.92. The largest absolute Gasteiger partial charge is 0.466 e. The fraction of sp³-hybridized carbons (Fsp3) is 0.562. The van der Waals surface area contributed by atoms with Gasteiger partial charge in [-0.15, -0.1) is 0 Å². The van der Waals surface area contributed by atoms with Crippen LogP contribution < -0.4 is 5.32 Å². The summed E-state index contributed by atoms with van der Waals surface area (Å²) >= 11 is 0. The number of rotatable bonds is 6. The van der Waals surface area contributed by atoms with Gasteiger partial charge in [-0.3, -0.25) is 4.79 Å². The van der Waals surface area contributed by atoms with E-state index in [0.29, 0.717) is 19.7 Å². The molecule has 6 heteroatoms. The van der Waals surface area contributed by atoms with Gasteiger partial charge in [0.1, 0.15) is 0 Å². The molecule has 0 radical (unpaired) electrons. The van der Waals surface area contributed by atoms with Gasteiger partial charge in [-0.25, -0.2) is 0 Å². The maximum Gasteiger partial charge on any atom is 0.376 e. The van der Waals surface area contributed by atoms with Crippen molar-refractivity contribution in [3.05, 3.63) is 35.9 Å². The third kappa shape index (κ3) is 4.09. The van der Waals surface area contributed by atoms with Gasteiger partial charge in [-0.05, 0) is 26.2 Å². The monoisotopic (exact) mass is 304 g/mol. The summed E-state index contributed by atoms with van der Waals surface area (Å²) in [6.07, 6.45) is 0. The number of hydrogen-bond donors (Lipinski definition) is 2. The Morgan fingerprint density at radius 1 is 1.45 bits per heavy atom. The zero-order valence-electron chi connectivity index (χ0n) is 13.5. The van der Waals surface area contributed by atoms with Gasteiger partial charge in [0.05, 0.1) is 12.5 Å². The predicted octanol–water partition coefficient (Wildman–Crippen LogP) is 1.31. The second kappa shape index (κ2) is 7.76. The topological polar surface area (TPSA) is 61.8 Å². The van der Waals surface area contributed by atoms with E-state index >= 15 is 0 Å². The van der Waals surface area contributed by atoms with Gasteiger partial charge in [0.25, 0.3) is 0 Å². The summed E-state index contributed by atoms with van der Waals surface area (Å²) in [4.78, 5) is 14.1. The Morgan fingerprint density at radius 2 is 2.14 bits per heavy atom. The van der Waals surface area contributed by atoms with Crippen molar-refractivity contribution in [3.8, 4) is 0 Å². The fourth-order valence-corrected chi connectivity index (χ4v) is 2.96. The van der Waals surface area contributed by atoms with Crippen molar-refractivity contribution >= 4 is 13.0 Å². The lowest BCUT2D eigenvalue weighted by molar-refractivity contribution is -0.148. The van der Waals surface area contributed by atoms with E-state index in [1.54, 1.807) is 6.82 Å². The lowest BCUT2D eigenvalue weighted by Crippen LogP contribution is -2.42. The highest BCUT2D eigenvalue weighted by atomic mass is 16.5. The third-order valence-corrected chi connectivity index (χ3v) is 4.23. The first-order valence-corrected chi connectivity index (χ1v) is 7.92. The van der Waals surface area contributed by atoms with Gasteiger partial charge >= 0.3 is 13.0 Å². The molecule has 0 aromatic heterocycles. The summed E-state index contributed by atoms with van der Waals surface area (Å²) in [7, 11) is -0.559. The Labute approximate surface area is 132 Å². The molecule has 1 heterocycles. The van der Waals surface area contributed by atoms with Crippen molar-refractivity contribution in [2.45, 2.75) is 32.8 Å². The van der Waals surface area contributed by atoms with Gasteiger partial charge in [-0.2, -0.15) is 0 Å². The summed E-state index contributed by atoms with van der Waals surface area (Å²) in [6.45, 7) is 7.17. The standard InChI is InChI=1S/C16H25BN2O3/c1-4-22-16(20)14-10-19(17(3)21)11-15(14)18-12(2)13-8-6-5-7-9-13/h5-9,12,14-15,18,21H,4,10-11H2,1-3H3/t12-,14-,15?/m1/s1. The average molecular weight is 304 g/mol. The highest BCUT2D eigenvalue weighted by Crippen LogP contribution is 2.23. The molecule has 1 fully saturated rings. The minimum Gasteiger partial charge on any atom is -0.466 e. The molecular formula is C16H25BN2O3. The van der Waals surface area contributed by atoms with E-state index in [4.69, 9.17) is 4.74 Å². The molecule has 1 unspecified atom stereocenters. The Hall–Kier alpha value is -1.37. The number of hydrogen-bond acceptors (Lipinski definition) is 5. The maximum absolute atomic E-state index is 12.2. The number of benzene rings is 1. The minimum absolute atomic E-state index is 0.0242. The fourth-order valence-electron chi connectivity index (χ4n) is 2.96. The van der Waals surface area contributed by atoms with E-state index in [1.165, 1.54) is 5.56 Å². The van der Waals surface area contributed by atoms with Crippen LogP contribution in [0.4, 0.5) is 0 Å². The summed E-state index contributed by atoms with van der Waals surface area (Å²) in [5, 5.41) is 13.3. The summed E-state index contributed by atoms with van der Waals surface area (Å²) < 4.78 is 5.18. The Balaban J connectivity index is 2.06. The Kier molecular flexibility index (Phi) is 6.00. The van der Waals surface area contributed by atoms with E-state index in [9.17, 15) is 9.82 Å². The molecule has 5 nitrogen and oxygen atoms in total. The van der Waals surface area contributed by atoms with Gasteiger partial charge in [-0.1, -0.05) is 30.3 Å². The van der Waals surface area contributed by atoms with E-state index in [2.05, 4.69) is 24.4 Å². The molecule has 1 aromatic carbocycles. The van der Waals surface area contributed by atoms with Crippen molar-refractivity contribution in [2.24, 2.45) is 5.92 Å². The second-order valence-corrected chi connectivity index (χ2v) is 5.85. The van der Waals surface area contributed by atoms with E-state index in [1.807, 2.05) is 29.9 Å². The molecule has 0 amide bonds. The van der Waals surface area contributed by atoms with Crippen molar-refractivity contribution in [1.82, 2.24) is 10.1 Å². The molecule has 2 rings (SSSR count). The van der Waals surface area contributed by atoms with Crippen LogP contribution in [0.25, 0.3) is 0 Å². The first kappa shape index (κ1) is 17.0. The Morgan fingerprint density at radius 3 is 2.73 bits per heavy atom. The number of nitrogens with zero attached hydrogens (tertiary/aromatic N) is 1. The van der Waals surface area contributed by atoms with Crippen LogP contribution in [0.1, 0.15) is 25.5 Å². The summed E-state index contributed by atoms with van der Waals surface area (Å²) in [6, 6.07) is 10.3. The third-order valence-electron chi connectivity index (χ3n) is 4.23. The van der Waals surface area contributed by atoms with Crippen LogP contribution in [-0.4, -0.2) is 48.6 Å². The first-order chi connectivity index (χ1) is 10.5. The summed E-state index contributed by atoms with van der Waals surface area (Å²) in [5.74, 6) is -0.441. The number of carbonyl (C=O) groups excluding carboxylic acids is 1. The van der Waals surface area contributed by atoms with Crippen LogP contribution in [-0.2, 0) is 9.53 Å². The second-order valence-electron chi connectivity index (χ2n) is 5.85. The molecule has 0 saturated carbocycles. The number of carbonyl (C=O) groups is 1. The zero-order chi connectivity index (χ0) is 16.1. The van der Waals surface area contributed by atoms with E-state index in [0.717, 1.165) is 0 Å². The molecular weight excluding hydrogens is 279 g/mol. The van der Waals surface area contributed by atoms with Gasteiger partial charge in [0.2, 0.25) is 0 Å². The van der Waals surface area contributed by atoms with Gasteiger partial charge in [0.15, 0.2) is 0 Å². The summed E-state index contributed by atoms with van der Waals surface area (Å²) in [5.41, 5.74) is 1.18. The predicted molar refractivity (Wildman–Crippen MR) is 87.3 cm³/mol. The normalized spacial score (nSPS) is 23.3. The Bertz CT molecular complexity index is 484. The van der Waals surface area contributed by atoms with Crippen LogP contribution in [0.5, 0.6) is 0 Å². The number of esters is 1. The van der Waals surface area contributed by atoms with Crippen LogP contribution >= 0.6 is 0 Å². The van der Waals surface area contributed by atoms with E-state index in [-0.39, 0.29) is 24.0 Å². The molecule has 1 aromatic rings. The molecule has 0 spiro atoms. The molecule has 0 aliphatic carbocycles. The lowest BCUT2D eigenvalue weighted by Gasteiger charge is -2.23. The maximum atomic E-state index is 12.2. The highest BCUT2D eigenvalue weighted by molar-refractivity contribution is 6.45. The van der Waals surface area contributed by atoms with Gasteiger partial charge < -0.3 is 19.9 Å². The van der Waals surface area contributed by atoms with Crippen molar-refractivity contribution in [3.63, 3.8) is 0 Å². The van der Waals surface area contributed by atoms with E-state index < -0.39 is 7.05 Å². The zero-order valence-corrected chi connectivity index (χ0v) is 13.5. The lowest BCUT2D eigenvalue weighted by atomic mass is 9.86. The molecule has 1 saturated heterocycles. The smallest absolute Gasteiger partial charge is 0.376 e. The van der Waals surface area contributed by atoms with Crippen LogP contribution in [0, 0.1) is 5.92 Å². The minimum atomic E-state index is -0.559. The van der Waals surface area contributed by atoms with Crippen LogP contribution in [0.2, 0.25) is 6.82 Å². The highest BCUT2D eigenvalue weighted by Gasteiger charge is 2.41. The SMILES string of the molecule is CCOC(=O)[C@@H]1CN(B(C)O)CC1N[C@H](C)c1ccccc1. The average Bonchev–Trinajstić information content (AvgIpc) is 2.92. The number of ether oxygens (including phenoxy) is 1. The van der Waals surface area contributed by atoms with Crippen LogP contribution in [0.15, 0.2) is 30.3 Å². The van der Waals surface area contributed by atoms with Crippen molar-refractivity contribution < 1.29 is 14.6 Å².